The monoisotopic (exact) mass is 458 g/mol. The lowest BCUT2D eigenvalue weighted by Crippen LogP contribution is -2.43. The van der Waals surface area contributed by atoms with Crippen molar-refractivity contribution in [2.75, 3.05) is 19.7 Å². The highest BCUT2D eigenvalue weighted by Crippen LogP contribution is 2.38. The van der Waals surface area contributed by atoms with Gasteiger partial charge in [-0.1, -0.05) is 18.2 Å². The maximum Gasteiger partial charge on any atom is 0.254 e. The number of ether oxygens (including phenoxy) is 1. The summed E-state index contributed by atoms with van der Waals surface area (Å²) in [6, 6.07) is 12.6. The van der Waals surface area contributed by atoms with Crippen molar-refractivity contribution in [3.63, 3.8) is 0 Å². The first-order valence-electron chi connectivity index (χ1n) is 11.6. The second-order valence-corrected chi connectivity index (χ2v) is 9.24. The van der Waals surface area contributed by atoms with Crippen LogP contribution in [0.25, 0.3) is 11.4 Å². The molecule has 0 bridgehead atoms. The number of nitrogens with one attached hydrogen (secondary N) is 1. The second kappa shape index (κ2) is 8.69. The number of hydrogen-bond acceptors (Lipinski definition) is 4. The Hall–Kier alpha value is -3.50. The Bertz CT molecular complexity index is 1260. The Kier molecular flexibility index (Phi) is 5.70. The first kappa shape index (κ1) is 22.3. The smallest absolute Gasteiger partial charge is 0.254 e. The molecule has 34 heavy (non-hydrogen) atoms. The average molecular weight is 459 g/mol. The number of halogens is 1. The molecule has 2 aliphatic heterocycles. The van der Waals surface area contributed by atoms with E-state index in [2.05, 4.69) is 11.1 Å². The maximum absolute atomic E-state index is 15.7. The molecule has 1 amide bonds. The number of aromatic nitrogens is 2. The average Bonchev–Trinajstić information content (AvgIpc) is 3.28. The third-order valence-corrected chi connectivity index (χ3v) is 7.03. The molecule has 0 saturated carbocycles. The molecular formula is C27H27FN4O2. The number of amides is 1. The number of H-pyrrole nitrogens is 1. The number of aryl methyl sites for hydroxylation is 2. The molecular weight excluding hydrogens is 431 g/mol. The predicted octanol–water partition coefficient (Wildman–Crippen LogP) is 4.74. The number of benzene rings is 2. The van der Waals surface area contributed by atoms with Gasteiger partial charge in [-0.15, -0.1) is 0 Å². The van der Waals surface area contributed by atoms with Gasteiger partial charge in [0, 0.05) is 43.5 Å². The molecule has 0 unspecified atom stereocenters. The summed E-state index contributed by atoms with van der Waals surface area (Å²) in [5.41, 5.74) is 5.06. The molecule has 1 N–H and O–H groups in total. The van der Waals surface area contributed by atoms with Crippen molar-refractivity contribution in [1.82, 2.24) is 14.9 Å². The molecule has 1 fully saturated rings. The first-order valence-corrected chi connectivity index (χ1v) is 11.6. The fourth-order valence-electron chi connectivity index (χ4n) is 4.95. The van der Waals surface area contributed by atoms with Crippen LogP contribution in [-0.4, -0.2) is 40.5 Å². The van der Waals surface area contributed by atoms with Crippen molar-refractivity contribution >= 4 is 5.91 Å². The van der Waals surface area contributed by atoms with E-state index in [1.165, 1.54) is 0 Å². The molecule has 0 aliphatic carbocycles. The summed E-state index contributed by atoms with van der Waals surface area (Å²) in [6.45, 7) is 5.82. The third kappa shape index (κ3) is 3.99. The number of carbonyl (C=O) groups excluding carboxylic acids is 1. The van der Waals surface area contributed by atoms with Crippen LogP contribution < -0.4 is 0 Å². The van der Waals surface area contributed by atoms with Crippen LogP contribution in [-0.2, 0) is 23.4 Å². The number of fused-ring (bicyclic) bond motifs is 1. The summed E-state index contributed by atoms with van der Waals surface area (Å²) in [4.78, 5) is 23.3. The van der Waals surface area contributed by atoms with Gasteiger partial charge in [0.05, 0.1) is 36.2 Å². The van der Waals surface area contributed by atoms with E-state index in [4.69, 9.17) is 15.0 Å². The molecule has 174 valence electrons. The van der Waals surface area contributed by atoms with Gasteiger partial charge in [-0.3, -0.25) is 4.79 Å². The van der Waals surface area contributed by atoms with Crippen LogP contribution in [0.15, 0.2) is 36.4 Å². The molecule has 7 heteroatoms. The highest BCUT2D eigenvalue weighted by atomic mass is 19.1. The van der Waals surface area contributed by atoms with Gasteiger partial charge < -0.3 is 14.6 Å². The molecule has 0 spiro atoms. The van der Waals surface area contributed by atoms with E-state index in [9.17, 15) is 4.79 Å². The predicted molar refractivity (Wildman–Crippen MR) is 126 cm³/mol. The van der Waals surface area contributed by atoms with Crippen LogP contribution >= 0.6 is 0 Å². The Labute approximate surface area is 198 Å². The minimum atomic E-state index is -1.49. The molecule has 5 rings (SSSR count). The van der Waals surface area contributed by atoms with Crippen LogP contribution in [0.5, 0.6) is 0 Å². The highest BCUT2D eigenvalue weighted by Gasteiger charge is 2.38. The fraction of sp³-hybridized carbons (Fsp3) is 0.370. The SMILES string of the molecule is Cc1cc(C)c(-c2nc3c([nH]2)COCC3)cc1C(=O)N1CCC(F)(c2ccc(C#N)cc2)CC1. The number of nitriles is 1. The zero-order chi connectivity index (χ0) is 23.9. The molecule has 3 heterocycles. The van der Waals surface area contributed by atoms with E-state index in [-0.39, 0.29) is 18.7 Å². The summed E-state index contributed by atoms with van der Waals surface area (Å²) in [7, 11) is 0. The molecule has 2 aromatic carbocycles. The second-order valence-electron chi connectivity index (χ2n) is 9.24. The van der Waals surface area contributed by atoms with Gasteiger partial charge in [-0.25, -0.2) is 9.37 Å². The topological polar surface area (TPSA) is 82.0 Å². The van der Waals surface area contributed by atoms with E-state index in [1.807, 2.05) is 26.0 Å². The lowest BCUT2D eigenvalue weighted by atomic mass is 9.85. The Morgan fingerprint density at radius 3 is 2.59 bits per heavy atom. The van der Waals surface area contributed by atoms with Gasteiger partial charge in [0.25, 0.3) is 5.91 Å². The lowest BCUT2D eigenvalue weighted by molar-refractivity contribution is 0.0421. The number of nitrogens with zero attached hydrogens (tertiary/aromatic N) is 3. The zero-order valence-corrected chi connectivity index (χ0v) is 19.4. The fourth-order valence-corrected chi connectivity index (χ4v) is 4.95. The summed E-state index contributed by atoms with van der Waals surface area (Å²) in [5.74, 6) is 0.671. The number of aromatic amines is 1. The molecule has 3 aromatic rings. The largest absolute Gasteiger partial charge is 0.375 e. The van der Waals surface area contributed by atoms with Gasteiger partial charge in [-0.2, -0.15) is 5.26 Å². The molecule has 1 saturated heterocycles. The van der Waals surface area contributed by atoms with Crippen LogP contribution in [0.2, 0.25) is 0 Å². The molecule has 6 nitrogen and oxygen atoms in total. The number of likely N-dealkylation sites (tertiary alicyclic amines) is 1. The number of piperidine rings is 1. The Morgan fingerprint density at radius 1 is 1.18 bits per heavy atom. The number of imidazole rings is 1. The normalized spacial score (nSPS) is 17.2. The number of carbonyl (C=O) groups is 1. The van der Waals surface area contributed by atoms with Crippen LogP contribution in [0.1, 0.15) is 56.8 Å². The lowest BCUT2D eigenvalue weighted by Gasteiger charge is -2.37. The molecule has 0 atom stereocenters. The summed E-state index contributed by atoms with van der Waals surface area (Å²) in [6.07, 6.45) is 1.24. The Morgan fingerprint density at radius 2 is 1.91 bits per heavy atom. The summed E-state index contributed by atoms with van der Waals surface area (Å²) >= 11 is 0. The van der Waals surface area contributed by atoms with Crippen LogP contribution in [0, 0.1) is 25.2 Å². The van der Waals surface area contributed by atoms with E-state index in [1.54, 1.807) is 29.2 Å². The van der Waals surface area contributed by atoms with Crippen LogP contribution in [0.4, 0.5) is 4.39 Å². The maximum atomic E-state index is 15.7. The summed E-state index contributed by atoms with van der Waals surface area (Å²) < 4.78 is 21.2. The van der Waals surface area contributed by atoms with Gasteiger partial charge in [-0.05, 0) is 48.7 Å². The minimum absolute atomic E-state index is 0.0831. The first-order chi connectivity index (χ1) is 16.4. The number of hydrogen-bond donors (Lipinski definition) is 1. The number of alkyl halides is 1. The van der Waals surface area contributed by atoms with Gasteiger partial charge in [0.1, 0.15) is 11.5 Å². The van der Waals surface area contributed by atoms with Crippen LogP contribution in [0.3, 0.4) is 0 Å². The van der Waals surface area contributed by atoms with Gasteiger partial charge in [0.2, 0.25) is 0 Å². The third-order valence-electron chi connectivity index (χ3n) is 7.03. The van der Waals surface area contributed by atoms with Crippen molar-refractivity contribution in [3.8, 4) is 17.5 Å². The Balaban J connectivity index is 1.36. The van der Waals surface area contributed by atoms with Gasteiger partial charge >= 0.3 is 0 Å². The number of rotatable bonds is 3. The standard InChI is InChI=1S/C27H27FN4O2/c1-17-13-18(2)22(14-21(17)25-30-23-7-12-34-16-24(23)31-25)26(33)32-10-8-27(28,9-11-32)20-5-3-19(15-29)4-6-20/h3-6,13-14H,7-12,16H2,1-2H3,(H,30,31). The van der Waals surface area contributed by atoms with Crippen molar-refractivity contribution in [1.29, 1.82) is 5.26 Å². The van der Waals surface area contributed by atoms with Crippen molar-refractivity contribution in [2.24, 2.45) is 0 Å². The zero-order valence-electron chi connectivity index (χ0n) is 19.4. The molecule has 1 aromatic heterocycles. The van der Waals surface area contributed by atoms with E-state index in [0.717, 1.165) is 40.3 Å². The summed E-state index contributed by atoms with van der Waals surface area (Å²) in [5, 5.41) is 8.98. The van der Waals surface area contributed by atoms with E-state index < -0.39 is 5.67 Å². The molecule has 0 radical (unpaired) electrons. The quantitative estimate of drug-likeness (QED) is 0.615. The van der Waals surface area contributed by atoms with E-state index >= 15 is 4.39 Å². The molecule has 2 aliphatic rings. The van der Waals surface area contributed by atoms with Crippen molar-refractivity contribution in [3.05, 3.63) is 75.6 Å². The highest BCUT2D eigenvalue weighted by molar-refractivity contribution is 5.97. The van der Waals surface area contributed by atoms with E-state index in [0.29, 0.717) is 43.0 Å². The van der Waals surface area contributed by atoms with Gasteiger partial charge in [0.15, 0.2) is 0 Å². The van der Waals surface area contributed by atoms with Crippen molar-refractivity contribution < 1.29 is 13.9 Å². The van der Waals surface area contributed by atoms with Crippen molar-refractivity contribution in [2.45, 2.75) is 45.4 Å². The minimum Gasteiger partial charge on any atom is -0.375 e.